The molecule has 2 amide bonds. The van der Waals surface area contributed by atoms with E-state index in [0.29, 0.717) is 36.6 Å². The number of piperazine rings is 1. The largest absolute Gasteiger partial charge is 0.452 e. The molecule has 0 unspecified atom stereocenters. The molecule has 7 heteroatoms. The van der Waals surface area contributed by atoms with Crippen molar-refractivity contribution in [3.63, 3.8) is 0 Å². The Kier molecular flexibility index (Phi) is 5.57. The van der Waals surface area contributed by atoms with Crippen LogP contribution in [-0.2, 0) is 9.53 Å². The molecule has 2 aromatic carbocycles. The molecule has 0 aliphatic carbocycles. The lowest BCUT2D eigenvalue weighted by Gasteiger charge is -2.34. The highest BCUT2D eigenvalue weighted by atomic mass is 32.1. The quantitative estimate of drug-likeness (QED) is 0.623. The van der Waals surface area contributed by atoms with Gasteiger partial charge in [0, 0.05) is 26.2 Å². The zero-order valence-corrected chi connectivity index (χ0v) is 16.6. The number of thiophene rings is 1. The summed E-state index contributed by atoms with van der Waals surface area (Å²) < 4.78 is 5.22. The first-order valence-electron chi connectivity index (χ1n) is 9.38. The Balaban J connectivity index is 1.28. The molecule has 2 heterocycles. The van der Waals surface area contributed by atoms with Crippen LogP contribution in [0.4, 0.5) is 0 Å². The minimum atomic E-state index is -0.518. The molecular formula is C22H20N2O4S. The lowest BCUT2D eigenvalue weighted by molar-refractivity contribution is -0.136. The Morgan fingerprint density at radius 3 is 2.31 bits per heavy atom. The van der Waals surface area contributed by atoms with Crippen LogP contribution in [0.25, 0.3) is 10.8 Å². The van der Waals surface area contributed by atoms with E-state index in [2.05, 4.69) is 0 Å². The number of benzene rings is 2. The van der Waals surface area contributed by atoms with Crippen LogP contribution >= 0.6 is 11.3 Å². The van der Waals surface area contributed by atoms with Gasteiger partial charge in [0.1, 0.15) is 0 Å². The molecule has 0 radical (unpaired) electrons. The lowest BCUT2D eigenvalue weighted by Crippen LogP contribution is -2.51. The van der Waals surface area contributed by atoms with Crippen LogP contribution in [-0.4, -0.2) is 60.4 Å². The molecule has 0 saturated carbocycles. The molecule has 0 spiro atoms. The minimum Gasteiger partial charge on any atom is -0.452 e. The fraction of sp³-hybridized carbons (Fsp3) is 0.227. The van der Waals surface area contributed by atoms with E-state index < -0.39 is 5.97 Å². The third kappa shape index (κ3) is 4.30. The summed E-state index contributed by atoms with van der Waals surface area (Å²) in [6, 6.07) is 16.7. The van der Waals surface area contributed by atoms with Crippen molar-refractivity contribution in [3.8, 4) is 0 Å². The van der Waals surface area contributed by atoms with E-state index in [1.54, 1.807) is 28.0 Å². The van der Waals surface area contributed by atoms with Gasteiger partial charge in [-0.3, -0.25) is 9.59 Å². The Morgan fingerprint density at radius 2 is 1.59 bits per heavy atom. The van der Waals surface area contributed by atoms with E-state index in [1.807, 2.05) is 41.8 Å². The Hall–Kier alpha value is -3.19. The van der Waals surface area contributed by atoms with Crippen molar-refractivity contribution in [1.29, 1.82) is 0 Å². The predicted molar refractivity (Wildman–Crippen MR) is 111 cm³/mol. The van der Waals surface area contributed by atoms with Crippen molar-refractivity contribution in [2.45, 2.75) is 0 Å². The number of amides is 2. The normalized spacial score (nSPS) is 14.1. The second-order valence-electron chi connectivity index (χ2n) is 6.79. The van der Waals surface area contributed by atoms with Crippen LogP contribution < -0.4 is 0 Å². The maximum Gasteiger partial charge on any atom is 0.338 e. The number of nitrogens with zero attached hydrogens (tertiary/aromatic N) is 2. The smallest absolute Gasteiger partial charge is 0.338 e. The Bertz CT molecular complexity index is 1040. The SMILES string of the molecule is O=C(OCC(=O)N1CCN(C(=O)c2cccs2)CC1)c1ccc2ccccc2c1. The van der Waals surface area contributed by atoms with Gasteiger partial charge in [0.2, 0.25) is 0 Å². The maximum absolute atomic E-state index is 12.4. The molecule has 4 rings (SSSR count). The average molecular weight is 408 g/mol. The van der Waals surface area contributed by atoms with E-state index >= 15 is 0 Å². The molecule has 1 aliphatic heterocycles. The zero-order chi connectivity index (χ0) is 20.2. The van der Waals surface area contributed by atoms with Gasteiger partial charge >= 0.3 is 5.97 Å². The standard InChI is InChI=1S/C22H20N2O4S/c25-20(23-9-11-24(12-10-23)21(26)19-6-3-13-29-19)15-28-22(27)18-8-7-16-4-1-2-5-17(16)14-18/h1-8,13-14H,9-12,15H2. The molecule has 1 aromatic heterocycles. The monoisotopic (exact) mass is 408 g/mol. The van der Waals surface area contributed by atoms with Gasteiger partial charge in [0.05, 0.1) is 10.4 Å². The lowest BCUT2D eigenvalue weighted by atomic mass is 10.1. The summed E-state index contributed by atoms with van der Waals surface area (Å²) in [5.41, 5.74) is 0.419. The first-order valence-corrected chi connectivity index (χ1v) is 10.3. The Labute approximate surface area is 172 Å². The van der Waals surface area contributed by atoms with E-state index in [0.717, 1.165) is 10.8 Å². The summed E-state index contributed by atoms with van der Waals surface area (Å²) in [6.45, 7) is 1.51. The third-order valence-electron chi connectivity index (χ3n) is 4.96. The number of rotatable bonds is 4. The number of fused-ring (bicyclic) bond motifs is 1. The van der Waals surface area contributed by atoms with Crippen LogP contribution in [0.2, 0.25) is 0 Å². The van der Waals surface area contributed by atoms with Crippen molar-refractivity contribution in [1.82, 2.24) is 9.80 Å². The number of ether oxygens (including phenoxy) is 1. The highest BCUT2D eigenvalue weighted by Gasteiger charge is 2.25. The second kappa shape index (κ2) is 8.45. The molecule has 1 fully saturated rings. The second-order valence-corrected chi connectivity index (χ2v) is 7.74. The zero-order valence-electron chi connectivity index (χ0n) is 15.7. The fourth-order valence-corrected chi connectivity index (χ4v) is 4.02. The molecule has 29 heavy (non-hydrogen) atoms. The van der Waals surface area contributed by atoms with Crippen LogP contribution in [0.3, 0.4) is 0 Å². The van der Waals surface area contributed by atoms with Gasteiger partial charge in [-0.05, 0) is 34.4 Å². The van der Waals surface area contributed by atoms with E-state index in [-0.39, 0.29) is 18.4 Å². The summed E-state index contributed by atoms with van der Waals surface area (Å²) in [4.78, 5) is 41.1. The van der Waals surface area contributed by atoms with Crippen molar-refractivity contribution < 1.29 is 19.1 Å². The van der Waals surface area contributed by atoms with Gasteiger partial charge in [-0.1, -0.05) is 36.4 Å². The van der Waals surface area contributed by atoms with Crippen molar-refractivity contribution in [2.75, 3.05) is 32.8 Å². The van der Waals surface area contributed by atoms with Crippen LogP contribution in [0.1, 0.15) is 20.0 Å². The van der Waals surface area contributed by atoms with Crippen LogP contribution in [0, 0.1) is 0 Å². The maximum atomic E-state index is 12.4. The Morgan fingerprint density at radius 1 is 0.862 bits per heavy atom. The van der Waals surface area contributed by atoms with E-state index in [1.165, 1.54) is 11.3 Å². The molecule has 0 N–H and O–H groups in total. The molecule has 148 valence electrons. The summed E-state index contributed by atoms with van der Waals surface area (Å²) in [7, 11) is 0. The van der Waals surface area contributed by atoms with Crippen LogP contribution in [0.15, 0.2) is 60.0 Å². The fourth-order valence-electron chi connectivity index (χ4n) is 3.33. The topological polar surface area (TPSA) is 66.9 Å². The summed E-state index contributed by atoms with van der Waals surface area (Å²) in [5.74, 6) is -0.771. The molecule has 1 saturated heterocycles. The summed E-state index contributed by atoms with van der Waals surface area (Å²) >= 11 is 1.41. The first-order chi connectivity index (χ1) is 14.1. The van der Waals surface area contributed by atoms with Gasteiger partial charge < -0.3 is 14.5 Å². The number of hydrogen-bond acceptors (Lipinski definition) is 5. The van der Waals surface area contributed by atoms with Crippen molar-refractivity contribution in [3.05, 3.63) is 70.4 Å². The number of hydrogen-bond donors (Lipinski definition) is 0. The molecule has 6 nitrogen and oxygen atoms in total. The molecular weight excluding hydrogens is 388 g/mol. The average Bonchev–Trinajstić information content (AvgIpc) is 3.31. The molecule has 0 atom stereocenters. The first kappa shape index (κ1) is 19.1. The van der Waals surface area contributed by atoms with Crippen molar-refractivity contribution >= 4 is 39.9 Å². The van der Waals surface area contributed by atoms with E-state index in [9.17, 15) is 14.4 Å². The van der Waals surface area contributed by atoms with Gasteiger partial charge in [0.25, 0.3) is 11.8 Å². The highest BCUT2D eigenvalue weighted by molar-refractivity contribution is 7.12. The van der Waals surface area contributed by atoms with Gasteiger partial charge in [0.15, 0.2) is 6.61 Å². The van der Waals surface area contributed by atoms with Crippen molar-refractivity contribution in [2.24, 2.45) is 0 Å². The summed E-state index contributed by atoms with van der Waals surface area (Å²) in [6.07, 6.45) is 0. The highest BCUT2D eigenvalue weighted by Crippen LogP contribution is 2.17. The van der Waals surface area contributed by atoms with E-state index in [4.69, 9.17) is 4.74 Å². The molecule has 0 bridgehead atoms. The van der Waals surface area contributed by atoms with Gasteiger partial charge in [-0.15, -0.1) is 11.3 Å². The number of carbonyl (C=O) groups is 3. The number of esters is 1. The molecule has 1 aliphatic rings. The summed E-state index contributed by atoms with van der Waals surface area (Å²) in [5, 5.41) is 3.85. The number of carbonyl (C=O) groups excluding carboxylic acids is 3. The van der Waals surface area contributed by atoms with Crippen LogP contribution in [0.5, 0.6) is 0 Å². The molecule has 3 aromatic rings. The van der Waals surface area contributed by atoms with Gasteiger partial charge in [-0.2, -0.15) is 0 Å². The third-order valence-corrected chi connectivity index (χ3v) is 5.82. The predicted octanol–water partition coefficient (Wildman–Crippen LogP) is 3.04. The minimum absolute atomic E-state index is 0.00479. The van der Waals surface area contributed by atoms with Gasteiger partial charge in [-0.25, -0.2) is 4.79 Å².